The minimum atomic E-state index is -0.280. The van der Waals surface area contributed by atoms with Gasteiger partial charge in [-0.2, -0.15) is 11.8 Å². The predicted molar refractivity (Wildman–Crippen MR) is 55.4 cm³/mol. The van der Waals surface area contributed by atoms with Crippen molar-refractivity contribution >= 4 is 17.5 Å². The third-order valence-electron chi connectivity index (χ3n) is 1.54. The Morgan fingerprint density at radius 3 is 2.17 bits per heavy atom. The number of rotatable bonds is 5. The zero-order valence-electron chi connectivity index (χ0n) is 8.33. The molecule has 0 fully saturated rings. The third-order valence-corrected chi connectivity index (χ3v) is 2.76. The molecule has 1 atom stereocenters. The molecule has 3 heteroatoms. The van der Waals surface area contributed by atoms with Crippen molar-refractivity contribution in [3.63, 3.8) is 0 Å². The van der Waals surface area contributed by atoms with E-state index in [1.807, 2.05) is 13.8 Å². The molecular formula is C9H19NOS. The topological polar surface area (TPSA) is 43.1 Å². The summed E-state index contributed by atoms with van der Waals surface area (Å²) in [6, 6.07) is -0.280. The fourth-order valence-corrected chi connectivity index (χ4v) is 1.56. The van der Waals surface area contributed by atoms with E-state index in [2.05, 4.69) is 13.8 Å². The van der Waals surface area contributed by atoms with Crippen molar-refractivity contribution < 1.29 is 4.79 Å². The predicted octanol–water partition coefficient (Wildman–Crippen LogP) is 1.68. The summed E-state index contributed by atoms with van der Waals surface area (Å²) in [6.45, 7) is 8.00. The van der Waals surface area contributed by atoms with Gasteiger partial charge < -0.3 is 5.73 Å². The zero-order chi connectivity index (χ0) is 9.72. The Hall–Kier alpha value is -0.0200. The molecule has 0 unspecified atom stereocenters. The van der Waals surface area contributed by atoms with E-state index in [1.165, 1.54) is 0 Å². The molecule has 0 aromatic carbocycles. The molecule has 0 radical (unpaired) electrons. The summed E-state index contributed by atoms with van der Waals surface area (Å²) in [5, 5.41) is 0.552. The largest absolute Gasteiger partial charge is 0.321 e. The lowest BCUT2D eigenvalue weighted by Gasteiger charge is -2.13. The first-order chi connectivity index (χ1) is 5.45. The molecule has 2 nitrogen and oxygen atoms in total. The lowest BCUT2D eigenvalue weighted by molar-refractivity contribution is -0.122. The number of carbonyl (C=O) groups excluding carboxylic acids is 1. The molecule has 0 aliphatic carbocycles. The van der Waals surface area contributed by atoms with Crippen molar-refractivity contribution in [3.05, 3.63) is 0 Å². The van der Waals surface area contributed by atoms with E-state index in [0.29, 0.717) is 5.25 Å². The quantitative estimate of drug-likeness (QED) is 0.715. The number of hydrogen-bond donors (Lipinski definition) is 1. The van der Waals surface area contributed by atoms with Gasteiger partial charge in [-0.05, 0) is 5.25 Å². The summed E-state index contributed by atoms with van der Waals surface area (Å²) < 4.78 is 0. The molecule has 0 heterocycles. The Labute approximate surface area is 79.3 Å². The van der Waals surface area contributed by atoms with Gasteiger partial charge in [0, 0.05) is 11.7 Å². The first kappa shape index (κ1) is 12.0. The van der Waals surface area contributed by atoms with Gasteiger partial charge in [0.05, 0.1) is 6.04 Å². The highest BCUT2D eigenvalue weighted by molar-refractivity contribution is 7.99. The maximum Gasteiger partial charge on any atom is 0.152 e. The van der Waals surface area contributed by atoms with Crippen molar-refractivity contribution in [2.45, 2.75) is 39.0 Å². The van der Waals surface area contributed by atoms with Gasteiger partial charge in [0.15, 0.2) is 5.78 Å². The summed E-state index contributed by atoms with van der Waals surface area (Å²) in [6.07, 6.45) is 0. The maximum atomic E-state index is 11.3. The molecule has 72 valence electrons. The van der Waals surface area contributed by atoms with E-state index in [9.17, 15) is 4.79 Å². The SMILES string of the molecule is CC(C)SC[C@@H](N)C(=O)C(C)C. The number of ketones is 1. The van der Waals surface area contributed by atoms with Crippen LogP contribution in [-0.2, 0) is 4.79 Å². The minimum Gasteiger partial charge on any atom is -0.321 e. The number of nitrogens with two attached hydrogens (primary N) is 1. The molecule has 0 aliphatic rings. The lowest BCUT2D eigenvalue weighted by Crippen LogP contribution is -2.36. The van der Waals surface area contributed by atoms with E-state index in [0.717, 1.165) is 5.75 Å². The molecule has 0 aromatic heterocycles. The molecule has 0 bridgehead atoms. The van der Waals surface area contributed by atoms with Crippen molar-refractivity contribution in [2.75, 3.05) is 5.75 Å². The monoisotopic (exact) mass is 189 g/mol. The maximum absolute atomic E-state index is 11.3. The van der Waals surface area contributed by atoms with Gasteiger partial charge in [-0.25, -0.2) is 0 Å². The Morgan fingerprint density at radius 1 is 1.33 bits per heavy atom. The molecule has 2 N–H and O–H groups in total. The van der Waals surface area contributed by atoms with Gasteiger partial charge >= 0.3 is 0 Å². The van der Waals surface area contributed by atoms with Gasteiger partial charge in [-0.1, -0.05) is 27.7 Å². The average Bonchev–Trinajstić information content (AvgIpc) is 1.98. The Bertz CT molecular complexity index is 145. The van der Waals surface area contributed by atoms with Crippen molar-refractivity contribution in [2.24, 2.45) is 11.7 Å². The Balaban J connectivity index is 3.72. The minimum absolute atomic E-state index is 0.0627. The summed E-state index contributed by atoms with van der Waals surface area (Å²) >= 11 is 1.74. The Morgan fingerprint density at radius 2 is 1.83 bits per heavy atom. The van der Waals surface area contributed by atoms with Gasteiger partial charge in [0.25, 0.3) is 0 Å². The van der Waals surface area contributed by atoms with Crippen LogP contribution in [0.4, 0.5) is 0 Å². The number of hydrogen-bond acceptors (Lipinski definition) is 3. The summed E-state index contributed by atoms with van der Waals surface area (Å²) in [7, 11) is 0. The molecule has 0 amide bonds. The zero-order valence-corrected chi connectivity index (χ0v) is 9.15. The highest BCUT2D eigenvalue weighted by Gasteiger charge is 2.16. The molecule has 0 rings (SSSR count). The normalized spacial score (nSPS) is 13.9. The van der Waals surface area contributed by atoms with Gasteiger partial charge in [0.1, 0.15) is 0 Å². The fourth-order valence-electron chi connectivity index (χ4n) is 0.806. The standard InChI is InChI=1S/C9H19NOS/c1-6(2)9(11)8(10)5-12-7(3)4/h6-8H,5,10H2,1-4H3/t8-/m1/s1. The van der Waals surface area contributed by atoms with Crippen LogP contribution in [0.15, 0.2) is 0 Å². The number of thioether (sulfide) groups is 1. The summed E-state index contributed by atoms with van der Waals surface area (Å²) in [5.41, 5.74) is 5.70. The highest BCUT2D eigenvalue weighted by atomic mass is 32.2. The molecule has 0 aliphatic heterocycles. The van der Waals surface area contributed by atoms with Crippen LogP contribution in [0.3, 0.4) is 0 Å². The van der Waals surface area contributed by atoms with Crippen LogP contribution in [-0.4, -0.2) is 22.8 Å². The highest BCUT2D eigenvalue weighted by Crippen LogP contribution is 2.11. The summed E-state index contributed by atoms with van der Waals surface area (Å²) in [5.74, 6) is 0.977. The van der Waals surface area contributed by atoms with Crippen LogP contribution in [0, 0.1) is 5.92 Å². The fraction of sp³-hybridized carbons (Fsp3) is 0.889. The molecule has 0 aromatic rings. The van der Waals surface area contributed by atoms with Gasteiger partial charge in [0.2, 0.25) is 0 Å². The second-order valence-corrected chi connectivity index (χ2v) is 5.16. The number of Topliss-reactive ketones (excluding diaryl/α,β-unsaturated/α-hetero) is 1. The lowest BCUT2D eigenvalue weighted by atomic mass is 10.0. The van der Waals surface area contributed by atoms with E-state index in [1.54, 1.807) is 11.8 Å². The van der Waals surface area contributed by atoms with E-state index in [4.69, 9.17) is 5.73 Å². The van der Waals surface area contributed by atoms with Crippen LogP contribution in [0.25, 0.3) is 0 Å². The smallest absolute Gasteiger partial charge is 0.152 e. The van der Waals surface area contributed by atoms with E-state index < -0.39 is 0 Å². The Kier molecular flexibility index (Phi) is 5.59. The second kappa shape index (κ2) is 5.60. The van der Waals surface area contributed by atoms with E-state index in [-0.39, 0.29) is 17.7 Å². The first-order valence-corrected chi connectivity index (χ1v) is 5.41. The molecule has 0 spiro atoms. The van der Waals surface area contributed by atoms with Crippen LogP contribution in [0.5, 0.6) is 0 Å². The van der Waals surface area contributed by atoms with Crippen molar-refractivity contribution in [1.29, 1.82) is 0 Å². The molecule has 0 saturated carbocycles. The number of carbonyl (C=O) groups is 1. The van der Waals surface area contributed by atoms with Crippen LogP contribution < -0.4 is 5.73 Å². The van der Waals surface area contributed by atoms with Crippen LogP contribution >= 0.6 is 11.8 Å². The summed E-state index contributed by atoms with van der Waals surface area (Å²) in [4.78, 5) is 11.3. The first-order valence-electron chi connectivity index (χ1n) is 4.36. The molecule has 12 heavy (non-hydrogen) atoms. The van der Waals surface area contributed by atoms with Gasteiger partial charge in [-0.3, -0.25) is 4.79 Å². The molecular weight excluding hydrogens is 170 g/mol. The van der Waals surface area contributed by atoms with Crippen molar-refractivity contribution in [1.82, 2.24) is 0 Å². The van der Waals surface area contributed by atoms with E-state index >= 15 is 0 Å². The van der Waals surface area contributed by atoms with Crippen molar-refractivity contribution in [3.8, 4) is 0 Å². The third kappa shape index (κ3) is 4.78. The average molecular weight is 189 g/mol. The van der Waals surface area contributed by atoms with Crippen LogP contribution in [0.2, 0.25) is 0 Å². The van der Waals surface area contributed by atoms with Gasteiger partial charge in [-0.15, -0.1) is 0 Å². The second-order valence-electron chi connectivity index (χ2n) is 3.55. The molecule has 0 saturated heterocycles. The van der Waals surface area contributed by atoms with Crippen LogP contribution in [0.1, 0.15) is 27.7 Å².